The third-order valence-electron chi connectivity index (χ3n) is 2.55. The number of rotatable bonds is 3. The molecule has 0 aliphatic heterocycles. The summed E-state index contributed by atoms with van der Waals surface area (Å²) in [5.41, 5.74) is 4.08. The zero-order valence-corrected chi connectivity index (χ0v) is 19.2. The minimum atomic E-state index is 0. The molecule has 0 bridgehead atoms. The van der Waals surface area contributed by atoms with E-state index in [0.29, 0.717) is 0 Å². The summed E-state index contributed by atoms with van der Waals surface area (Å²) < 4.78 is 0. The van der Waals surface area contributed by atoms with Gasteiger partial charge < -0.3 is 10.8 Å². The van der Waals surface area contributed by atoms with Gasteiger partial charge in [0.2, 0.25) is 0 Å². The monoisotopic (exact) mass is 423 g/mol. The summed E-state index contributed by atoms with van der Waals surface area (Å²) in [6, 6.07) is 11.5. The predicted molar refractivity (Wildman–Crippen MR) is 109 cm³/mol. The van der Waals surface area contributed by atoms with Gasteiger partial charge in [-0.3, -0.25) is 5.26 Å². The van der Waals surface area contributed by atoms with Gasteiger partial charge in [0.1, 0.15) is 0 Å². The van der Waals surface area contributed by atoms with Crippen LogP contribution >= 0.6 is 24.8 Å². The van der Waals surface area contributed by atoms with Gasteiger partial charge in [0.05, 0.1) is 7.11 Å². The Morgan fingerprint density at radius 1 is 1.20 bits per heavy atom. The Morgan fingerprint density at radius 3 is 2.12 bits per heavy atom. The van der Waals surface area contributed by atoms with Crippen molar-refractivity contribution in [2.24, 2.45) is 0 Å². The van der Waals surface area contributed by atoms with Crippen LogP contribution in [0.2, 0.25) is 0 Å². The van der Waals surface area contributed by atoms with Gasteiger partial charge in [0.25, 0.3) is 0 Å². The molecule has 1 aliphatic rings. The van der Waals surface area contributed by atoms with Crippen LogP contribution in [-0.4, -0.2) is 37.9 Å². The summed E-state index contributed by atoms with van der Waals surface area (Å²) in [5.74, 6) is 1.42. The fraction of sp³-hybridized carbons (Fsp3) is 0.421. The van der Waals surface area contributed by atoms with Crippen molar-refractivity contribution in [1.29, 1.82) is 0 Å². The van der Waals surface area contributed by atoms with Crippen LogP contribution in [0.3, 0.4) is 0 Å². The Morgan fingerprint density at radius 2 is 1.72 bits per heavy atom. The Labute approximate surface area is 181 Å². The summed E-state index contributed by atoms with van der Waals surface area (Å²) in [5, 5.41) is 7.07. The second-order valence-corrected chi connectivity index (χ2v) is 5.81. The molecule has 0 radical (unpaired) electrons. The molecule has 6 heteroatoms. The van der Waals surface area contributed by atoms with E-state index in [2.05, 4.69) is 75.0 Å². The van der Waals surface area contributed by atoms with Gasteiger partial charge in [-0.2, -0.15) is 20.8 Å². The smallest absolute Gasteiger partial charge is 0.323 e. The normalized spacial score (nSPS) is 11.4. The molecule has 1 aliphatic carbocycles. The molecule has 0 heterocycles. The van der Waals surface area contributed by atoms with Crippen molar-refractivity contribution < 1.29 is 31.9 Å². The van der Waals surface area contributed by atoms with Crippen LogP contribution in [0, 0.1) is 12.0 Å². The average Bonchev–Trinajstić information content (AvgIpc) is 2.87. The molecule has 2 rings (SSSR count). The number of allylic oxidation sites excluding steroid dienone is 2. The van der Waals surface area contributed by atoms with Crippen molar-refractivity contribution in [2.75, 3.05) is 27.7 Å². The fourth-order valence-electron chi connectivity index (χ4n) is 1.90. The quantitative estimate of drug-likeness (QED) is 0.308. The van der Waals surface area contributed by atoms with E-state index < -0.39 is 0 Å². The summed E-state index contributed by atoms with van der Waals surface area (Å²) in [6.45, 7) is 7.26. The third kappa shape index (κ3) is 17.1. The van der Waals surface area contributed by atoms with E-state index in [1.807, 2.05) is 12.1 Å². The first-order valence-corrected chi connectivity index (χ1v) is 7.37. The van der Waals surface area contributed by atoms with E-state index in [1.165, 1.54) is 29.7 Å². The molecule has 0 fully saturated rings. The molecule has 142 valence electrons. The Balaban J connectivity index is -0.000000193. The molecule has 3 nitrogen and oxygen atoms in total. The number of nitrogens with zero attached hydrogens (tertiary/aromatic N) is 1. The van der Waals surface area contributed by atoms with Crippen LogP contribution in [-0.2, 0) is 26.6 Å². The maximum atomic E-state index is 7.07. The van der Waals surface area contributed by atoms with Crippen molar-refractivity contribution in [2.45, 2.75) is 27.2 Å². The molecule has 25 heavy (non-hydrogen) atoms. The summed E-state index contributed by atoms with van der Waals surface area (Å²) in [7, 11) is 5.39. The maximum absolute atomic E-state index is 7.07. The van der Waals surface area contributed by atoms with Crippen LogP contribution in [0.5, 0.6) is 0 Å². The van der Waals surface area contributed by atoms with Gasteiger partial charge >= 0.3 is 21.7 Å². The predicted octanol–water partition coefficient (Wildman–Crippen LogP) is 5.33. The van der Waals surface area contributed by atoms with Crippen LogP contribution < -0.4 is 0 Å². The van der Waals surface area contributed by atoms with Crippen LogP contribution in [0.1, 0.15) is 32.8 Å². The molecular formula is C19H31Cl2NO2Ti. The van der Waals surface area contributed by atoms with Gasteiger partial charge in [-0.1, -0.05) is 17.7 Å². The Kier molecular flexibility index (Phi) is 26.3. The first-order valence-electron chi connectivity index (χ1n) is 7.37. The minimum absolute atomic E-state index is 0. The number of halogens is 2. The number of likely N-dealkylation sites (N-methyl/N-ethyl adjacent to an activating group) is 1. The van der Waals surface area contributed by atoms with Crippen LogP contribution in [0.25, 0.3) is 5.57 Å². The molecule has 1 aromatic rings. The van der Waals surface area contributed by atoms with Gasteiger partial charge in [0.15, 0.2) is 0 Å². The second kappa shape index (κ2) is 20.2. The first-order chi connectivity index (χ1) is 10.4. The molecule has 0 unspecified atom stereocenters. The summed E-state index contributed by atoms with van der Waals surface area (Å²) in [6.07, 6.45) is 5.51. The molecule has 0 spiro atoms. The van der Waals surface area contributed by atoms with Crippen molar-refractivity contribution in [1.82, 2.24) is 4.90 Å². The van der Waals surface area contributed by atoms with E-state index >= 15 is 0 Å². The van der Waals surface area contributed by atoms with Crippen molar-refractivity contribution >= 4 is 30.4 Å². The van der Waals surface area contributed by atoms with Crippen LogP contribution in [0.4, 0.5) is 0 Å². The van der Waals surface area contributed by atoms with Gasteiger partial charge in [0, 0.05) is 6.54 Å². The minimum Gasteiger partial charge on any atom is -0.323 e. The largest absolute Gasteiger partial charge is 2.00 e. The topological polar surface area (TPSA) is 32.7 Å². The molecule has 0 saturated heterocycles. The number of benzene rings is 1. The molecule has 1 N–H and O–H groups in total. The molecule has 0 saturated carbocycles. The summed E-state index contributed by atoms with van der Waals surface area (Å²) >= 11 is 0. The molecule has 1 aromatic carbocycles. The van der Waals surface area contributed by atoms with E-state index in [4.69, 9.17) is 5.26 Å². The van der Waals surface area contributed by atoms with Crippen molar-refractivity contribution in [3.8, 4) is 0 Å². The van der Waals surface area contributed by atoms with E-state index in [0.717, 1.165) is 13.0 Å². The van der Waals surface area contributed by atoms with Gasteiger partial charge in [-0.15, -0.1) is 66.3 Å². The van der Waals surface area contributed by atoms with Crippen molar-refractivity contribution in [3.05, 3.63) is 59.5 Å². The van der Waals surface area contributed by atoms with Gasteiger partial charge in [-0.05, 0) is 20.5 Å². The third-order valence-corrected chi connectivity index (χ3v) is 2.55. The zero-order valence-electron chi connectivity index (χ0n) is 16.0. The van der Waals surface area contributed by atoms with E-state index in [1.54, 1.807) is 0 Å². The second-order valence-electron chi connectivity index (χ2n) is 5.81. The zero-order chi connectivity index (χ0) is 17.0. The molecule has 0 aromatic heterocycles. The standard InChI is InChI=1S/C14H16N.C4H9.CH4O2.2ClH.Ti/c1-15(2)11-13-9-6-10-14(13)12-7-4-3-5-8-12;1-4(2)3;1-3-2;;;/h3-7,9H,10-11H2,1-2H3;1-3H3;2H,1H3;2*1H;/q2*-1;;;;+2. The van der Waals surface area contributed by atoms with Crippen LogP contribution in [0.15, 0.2) is 42.0 Å². The molecule has 0 amide bonds. The SMILES string of the molecule is CN(C)CC1=C(c2[c-]cccc2)CC=C1.COO.C[C-](C)C.Cl.Cl.[Ti+2]. The number of hydrogen-bond donors (Lipinski definition) is 1. The van der Waals surface area contributed by atoms with Crippen molar-refractivity contribution in [3.63, 3.8) is 0 Å². The molecule has 0 atom stereocenters. The summed E-state index contributed by atoms with van der Waals surface area (Å²) in [4.78, 5) is 5.45. The number of hydrogen-bond acceptors (Lipinski definition) is 3. The molecular weight excluding hydrogens is 393 g/mol. The Bertz CT molecular complexity index is 461. The van der Waals surface area contributed by atoms with E-state index in [9.17, 15) is 0 Å². The Hall–Kier alpha value is -0.126. The maximum Gasteiger partial charge on any atom is 2.00 e. The first kappa shape index (κ1) is 32.5. The van der Waals surface area contributed by atoms with E-state index in [-0.39, 0.29) is 46.5 Å². The fourth-order valence-corrected chi connectivity index (χ4v) is 1.90. The van der Waals surface area contributed by atoms with Gasteiger partial charge in [-0.25, -0.2) is 4.89 Å². The average molecular weight is 424 g/mol.